The van der Waals surface area contributed by atoms with E-state index in [4.69, 9.17) is 4.74 Å². The largest absolute Gasteiger partial charge is 0.444 e. The third-order valence-corrected chi connectivity index (χ3v) is 12.1. The molecule has 328 valence electrons. The van der Waals surface area contributed by atoms with Crippen LogP contribution in [-0.4, -0.2) is 153 Å². The van der Waals surface area contributed by atoms with Gasteiger partial charge in [-0.15, -0.1) is 0 Å². The fourth-order valence-corrected chi connectivity index (χ4v) is 8.25. The van der Waals surface area contributed by atoms with Gasteiger partial charge in [-0.05, 0) is 84.1 Å². The van der Waals surface area contributed by atoms with Gasteiger partial charge in [0, 0.05) is 119 Å². The molecule has 2 aromatic rings. The molecule has 12 nitrogen and oxygen atoms in total. The Morgan fingerprint density at radius 1 is 0.559 bits per heavy atom. The molecule has 0 bridgehead atoms. The maximum atomic E-state index is 13.2. The molecule has 3 amide bonds. The molecule has 4 heterocycles. The standard InChI is InChI=1S/C26H42N4O3.C21H34N4O/c1-19-17-30(24(32)33-26(5,6)7)22(18-29(19)23(31)25(2,3)4)20-9-11-21(12-10-20)28-15-13-27(8)14-16-28;1-16-14-22-19(15-25(16)20(26)21(2,3)4)17-6-8-18(9-7-17)24-12-10-23(5)11-13-24/h9-12,19,22H,13-18H2,1-8H3;6-9,16,19,22H,10-15H2,1-5H3/t19-,22-;16-,19-/m11/s1. The van der Waals surface area contributed by atoms with Crippen LogP contribution in [0.25, 0.3) is 0 Å². The summed E-state index contributed by atoms with van der Waals surface area (Å²) < 4.78 is 5.74. The van der Waals surface area contributed by atoms with E-state index in [-0.39, 0.29) is 47.5 Å². The van der Waals surface area contributed by atoms with Crippen molar-refractivity contribution >= 4 is 29.3 Å². The Morgan fingerprint density at radius 3 is 1.41 bits per heavy atom. The highest BCUT2D eigenvalue weighted by Gasteiger charge is 2.42. The lowest BCUT2D eigenvalue weighted by molar-refractivity contribution is -0.146. The van der Waals surface area contributed by atoms with Gasteiger partial charge in [0.1, 0.15) is 5.60 Å². The Hall–Kier alpha value is -3.87. The molecule has 2 aromatic carbocycles. The normalized spacial score (nSPS) is 24.1. The fraction of sp³-hybridized carbons (Fsp3) is 0.681. The van der Waals surface area contributed by atoms with Gasteiger partial charge in [-0.3, -0.25) is 14.5 Å². The molecule has 0 aliphatic carbocycles. The highest BCUT2D eigenvalue weighted by Crippen LogP contribution is 2.34. The summed E-state index contributed by atoms with van der Waals surface area (Å²) in [7, 11) is 4.33. The average Bonchev–Trinajstić information content (AvgIpc) is 3.17. The first-order valence-electron chi connectivity index (χ1n) is 21.9. The number of anilines is 2. The molecule has 0 spiro atoms. The molecule has 1 N–H and O–H groups in total. The Morgan fingerprint density at radius 2 is 0.983 bits per heavy atom. The molecule has 6 rings (SSSR count). The summed E-state index contributed by atoms with van der Waals surface area (Å²) in [5, 5.41) is 3.61. The van der Waals surface area contributed by atoms with Crippen LogP contribution < -0.4 is 15.1 Å². The van der Waals surface area contributed by atoms with Crippen LogP contribution in [-0.2, 0) is 14.3 Å². The average molecular weight is 817 g/mol. The molecule has 0 aromatic heterocycles. The van der Waals surface area contributed by atoms with Crippen molar-refractivity contribution in [2.45, 2.75) is 106 Å². The second-order valence-electron chi connectivity index (χ2n) is 20.5. The molecule has 59 heavy (non-hydrogen) atoms. The van der Waals surface area contributed by atoms with Gasteiger partial charge < -0.3 is 39.5 Å². The number of carbonyl (C=O) groups is 3. The van der Waals surface area contributed by atoms with Gasteiger partial charge in [-0.1, -0.05) is 65.8 Å². The first-order valence-corrected chi connectivity index (χ1v) is 21.9. The summed E-state index contributed by atoms with van der Waals surface area (Å²) in [6.45, 7) is 32.7. The molecule has 12 heteroatoms. The van der Waals surface area contributed by atoms with E-state index in [0.29, 0.717) is 13.1 Å². The summed E-state index contributed by atoms with van der Waals surface area (Å²) in [5.74, 6) is 0.350. The first-order chi connectivity index (χ1) is 27.5. The number of piperazine rings is 4. The lowest BCUT2D eigenvalue weighted by Gasteiger charge is -2.47. The third-order valence-electron chi connectivity index (χ3n) is 12.1. The van der Waals surface area contributed by atoms with Gasteiger partial charge in [0.2, 0.25) is 11.8 Å². The van der Waals surface area contributed by atoms with Crippen molar-refractivity contribution < 1.29 is 19.1 Å². The van der Waals surface area contributed by atoms with E-state index in [1.54, 1.807) is 4.90 Å². The number of likely N-dealkylation sites (N-methyl/N-ethyl adjacent to an activating group) is 2. The van der Waals surface area contributed by atoms with E-state index >= 15 is 0 Å². The fourth-order valence-electron chi connectivity index (χ4n) is 8.25. The zero-order valence-corrected chi connectivity index (χ0v) is 38.7. The number of benzene rings is 2. The number of hydrogen-bond acceptors (Lipinski definition) is 9. The third kappa shape index (κ3) is 12.1. The summed E-state index contributed by atoms with van der Waals surface area (Å²) in [5.41, 5.74) is 3.41. The molecule has 4 atom stereocenters. The molecule has 4 saturated heterocycles. The van der Waals surface area contributed by atoms with Crippen LogP contribution in [0.5, 0.6) is 0 Å². The van der Waals surface area contributed by atoms with Crippen molar-refractivity contribution in [3.8, 4) is 0 Å². The Kier molecular flexibility index (Phi) is 14.7. The van der Waals surface area contributed by atoms with Crippen molar-refractivity contribution in [3.05, 3.63) is 59.7 Å². The quantitative estimate of drug-likeness (QED) is 0.380. The minimum absolute atomic E-state index is 0.0786. The minimum atomic E-state index is -0.575. The van der Waals surface area contributed by atoms with Crippen LogP contribution in [0.1, 0.15) is 99.4 Å². The second kappa shape index (κ2) is 18.8. The first kappa shape index (κ1) is 46.2. The predicted molar refractivity (Wildman–Crippen MR) is 240 cm³/mol. The van der Waals surface area contributed by atoms with Gasteiger partial charge in [0.15, 0.2) is 0 Å². The molecule has 4 aliphatic rings. The monoisotopic (exact) mass is 817 g/mol. The predicted octanol–water partition coefficient (Wildman–Crippen LogP) is 6.34. The lowest BCUT2D eigenvalue weighted by Crippen LogP contribution is -2.59. The van der Waals surface area contributed by atoms with E-state index in [1.165, 1.54) is 16.9 Å². The zero-order chi connectivity index (χ0) is 43.4. The summed E-state index contributed by atoms with van der Waals surface area (Å²) >= 11 is 0. The Bertz CT molecular complexity index is 1700. The van der Waals surface area contributed by atoms with E-state index in [1.807, 2.05) is 74.1 Å². The second-order valence-corrected chi connectivity index (χ2v) is 20.5. The number of amides is 3. The van der Waals surface area contributed by atoms with Gasteiger partial charge in [0.05, 0.1) is 6.04 Å². The molecular weight excluding hydrogens is 741 g/mol. The van der Waals surface area contributed by atoms with Crippen molar-refractivity contribution in [2.75, 3.05) is 102 Å². The SMILES string of the molecule is C[C@@H]1CN(C(=O)OC(C)(C)C)[C@@H](c2ccc(N3CCN(C)CC3)cc2)CN1C(=O)C(C)(C)C.C[C@@H]1CN[C@@H](c2ccc(N3CCN(C)CC3)cc2)CN1C(=O)C(C)(C)C. The number of hydrogen-bond donors (Lipinski definition) is 1. The maximum absolute atomic E-state index is 13.2. The highest BCUT2D eigenvalue weighted by molar-refractivity contribution is 5.83. The van der Waals surface area contributed by atoms with Gasteiger partial charge in [0.25, 0.3) is 0 Å². The zero-order valence-electron chi connectivity index (χ0n) is 38.7. The van der Waals surface area contributed by atoms with Gasteiger partial charge in [-0.2, -0.15) is 0 Å². The van der Waals surface area contributed by atoms with E-state index in [9.17, 15) is 14.4 Å². The lowest BCUT2D eigenvalue weighted by atomic mass is 9.91. The van der Waals surface area contributed by atoms with Crippen LogP contribution in [0, 0.1) is 10.8 Å². The van der Waals surface area contributed by atoms with Crippen LogP contribution in [0.4, 0.5) is 16.2 Å². The van der Waals surface area contributed by atoms with Crippen LogP contribution in [0.3, 0.4) is 0 Å². The van der Waals surface area contributed by atoms with E-state index in [2.05, 4.69) is 99.4 Å². The summed E-state index contributed by atoms with van der Waals surface area (Å²) in [6, 6.07) is 17.5. The highest BCUT2D eigenvalue weighted by atomic mass is 16.6. The molecule has 4 fully saturated rings. The van der Waals surface area contributed by atoms with Crippen molar-refractivity contribution in [1.29, 1.82) is 0 Å². The van der Waals surface area contributed by atoms with Crippen molar-refractivity contribution in [3.63, 3.8) is 0 Å². The number of nitrogens with one attached hydrogen (secondary N) is 1. The van der Waals surface area contributed by atoms with Crippen molar-refractivity contribution in [1.82, 2.24) is 29.8 Å². The number of ether oxygens (including phenoxy) is 1. The minimum Gasteiger partial charge on any atom is -0.444 e. The number of rotatable bonds is 4. The van der Waals surface area contributed by atoms with Gasteiger partial charge in [-0.25, -0.2) is 4.79 Å². The number of nitrogens with zero attached hydrogens (tertiary/aromatic N) is 7. The summed E-state index contributed by atoms with van der Waals surface area (Å²) in [4.78, 5) is 54.5. The molecule has 4 aliphatic heterocycles. The Balaban J connectivity index is 0.000000230. The molecular formula is C47H76N8O4. The van der Waals surface area contributed by atoms with Crippen molar-refractivity contribution in [2.24, 2.45) is 10.8 Å². The van der Waals surface area contributed by atoms with E-state index < -0.39 is 11.0 Å². The maximum Gasteiger partial charge on any atom is 0.410 e. The molecule has 0 saturated carbocycles. The van der Waals surface area contributed by atoms with Crippen LogP contribution in [0.2, 0.25) is 0 Å². The van der Waals surface area contributed by atoms with Gasteiger partial charge >= 0.3 is 6.09 Å². The van der Waals surface area contributed by atoms with Crippen LogP contribution >= 0.6 is 0 Å². The summed E-state index contributed by atoms with van der Waals surface area (Å²) in [6.07, 6.45) is -0.328. The van der Waals surface area contributed by atoms with Crippen LogP contribution in [0.15, 0.2) is 48.5 Å². The molecule has 0 unspecified atom stereocenters. The van der Waals surface area contributed by atoms with E-state index in [0.717, 1.165) is 71.0 Å². The topological polar surface area (TPSA) is 95.1 Å². The number of carbonyl (C=O) groups excluding carboxylic acids is 3. The molecule has 0 radical (unpaired) electrons. The smallest absolute Gasteiger partial charge is 0.410 e. The Labute approximate surface area is 356 Å².